The summed E-state index contributed by atoms with van der Waals surface area (Å²) in [5, 5.41) is 10.8. The standard InChI is InChI=1S/C18H19NO3/c1-3-19-14(10-13-4-5-15(20)11-18(13)19)12-22-17-8-6-16(21-2)7-9-17/h4-11,20H,3,12H2,1-2H3. The molecule has 22 heavy (non-hydrogen) atoms. The third kappa shape index (κ3) is 2.72. The first-order valence-corrected chi connectivity index (χ1v) is 7.29. The van der Waals surface area contributed by atoms with E-state index in [1.54, 1.807) is 19.2 Å². The number of aromatic nitrogens is 1. The summed E-state index contributed by atoms with van der Waals surface area (Å²) in [7, 11) is 1.64. The van der Waals surface area contributed by atoms with Crippen molar-refractivity contribution in [1.29, 1.82) is 0 Å². The highest BCUT2D eigenvalue weighted by Crippen LogP contribution is 2.25. The van der Waals surface area contributed by atoms with Gasteiger partial charge in [0.05, 0.1) is 18.3 Å². The summed E-state index contributed by atoms with van der Waals surface area (Å²) in [6.07, 6.45) is 0. The molecule has 0 atom stereocenters. The zero-order chi connectivity index (χ0) is 15.5. The smallest absolute Gasteiger partial charge is 0.128 e. The molecule has 0 amide bonds. The Labute approximate surface area is 129 Å². The van der Waals surface area contributed by atoms with Gasteiger partial charge in [-0.2, -0.15) is 0 Å². The molecule has 0 saturated carbocycles. The zero-order valence-electron chi connectivity index (χ0n) is 12.7. The van der Waals surface area contributed by atoms with E-state index in [4.69, 9.17) is 9.47 Å². The minimum atomic E-state index is 0.280. The van der Waals surface area contributed by atoms with Crippen molar-refractivity contribution in [2.75, 3.05) is 7.11 Å². The molecule has 0 bridgehead atoms. The Morgan fingerprint density at radius 2 is 1.73 bits per heavy atom. The van der Waals surface area contributed by atoms with E-state index in [-0.39, 0.29) is 5.75 Å². The van der Waals surface area contributed by atoms with Gasteiger partial charge in [-0.25, -0.2) is 0 Å². The van der Waals surface area contributed by atoms with Crippen molar-refractivity contribution >= 4 is 10.9 Å². The second-order valence-electron chi connectivity index (χ2n) is 5.09. The third-order valence-corrected chi connectivity index (χ3v) is 3.74. The van der Waals surface area contributed by atoms with E-state index in [0.29, 0.717) is 6.61 Å². The lowest BCUT2D eigenvalue weighted by Crippen LogP contribution is -2.04. The molecule has 4 nitrogen and oxygen atoms in total. The maximum absolute atomic E-state index is 9.66. The number of rotatable bonds is 5. The maximum atomic E-state index is 9.66. The van der Waals surface area contributed by atoms with E-state index in [1.807, 2.05) is 30.3 Å². The van der Waals surface area contributed by atoms with Crippen molar-refractivity contribution < 1.29 is 14.6 Å². The van der Waals surface area contributed by atoms with Gasteiger partial charge in [0.1, 0.15) is 23.9 Å². The van der Waals surface area contributed by atoms with E-state index in [0.717, 1.165) is 34.6 Å². The number of benzene rings is 2. The van der Waals surface area contributed by atoms with Crippen molar-refractivity contribution in [1.82, 2.24) is 4.57 Å². The van der Waals surface area contributed by atoms with Crippen LogP contribution in [-0.2, 0) is 13.2 Å². The molecule has 1 heterocycles. The van der Waals surface area contributed by atoms with Crippen LogP contribution < -0.4 is 9.47 Å². The second kappa shape index (κ2) is 6.02. The van der Waals surface area contributed by atoms with Crippen LogP contribution in [0.4, 0.5) is 0 Å². The first-order chi connectivity index (χ1) is 10.7. The van der Waals surface area contributed by atoms with Crippen LogP contribution in [0.3, 0.4) is 0 Å². The first kappa shape index (κ1) is 14.3. The molecule has 114 valence electrons. The fraction of sp³-hybridized carbons (Fsp3) is 0.222. The molecule has 0 fully saturated rings. The molecule has 3 rings (SSSR count). The molecule has 1 aromatic heterocycles. The lowest BCUT2D eigenvalue weighted by molar-refractivity contribution is 0.295. The number of fused-ring (bicyclic) bond motifs is 1. The summed E-state index contributed by atoms with van der Waals surface area (Å²) in [4.78, 5) is 0. The Morgan fingerprint density at radius 1 is 1.00 bits per heavy atom. The Hall–Kier alpha value is -2.62. The molecule has 3 aromatic rings. The highest BCUT2D eigenvalue weighted by Gasteiger charge is 2.09. The predicted octanol–water partition coefficient (Wildman–Crippen LogP) is 3.95. The lowest BCUT2D eigenvalue weighted by Gasteiger charge is -2.10. The molecular formula is C18H19NO3. The molecular weight excluding hydrogens is 278 g/mol. The Bertz CT molecular complexity index is 775. The van der Waals surface area contributed by atoms with Gasteiger partial charge >= 0.3 is 0 Å². The summed E-state index contributed by atoms with van der Waals surface area (Å²) in [5.41, 5.74) is 2.11. The van der Waals surface area contributed by atoms with Gasteiger partial charge in [-0.05, 0) is 49.4 Å². The zero-order valence-corrected chi connectivity index (χ0v) is 12.7. The van der Waals surface area contributed by atoms with Crippen LogP contribution in [0.15, 0.2) is 48.5 Å². The van der Waals surface area contributed by atoms with E-state index >= 15 is 0 Å². The largest absolute Gasteiger partial charge is 0.508 e. The molecule has 0 aliphatic heterocycles. The predicted molar refractivity (Wildman–Crippen MR) is 86.6 cm³/mol. The van der Waals surface area contributed by atoms with Crippen LogP contribution in [-0.4, -0.2) is 16.8 Å². The summed E-state index contributed by atoms with van der Waals surface area (Å²) in [6.45, 7) is 3.39. The summed E-state index contributed by atoms with van der Waals surface area (Å²) < 4.78 is 13.1. The summed E-state index contributed by atoms with van der Waals surface area (Å²) in [5.74, 6) is 1.89. The number of aryl methyl sites for hydroxylation is 1. The van der Waals surface area contributed by atoms with Crippen LogP contribution in [0.5, 0.6) is 17.2 Å². The average molecular weight is 297 g/mol. The van der Waals surface area contributed by atoms with Crippen molar-refractivity contribution in [2.24, 2.45) is 0 Å². The van der Waals surface area contributed by atoms with Gasteiger partial charge in [-0.15, -0.1) is 0 Å². The van der Waals surface area contributed by atoms with Crippen molar-refractivity contribution in [3.63, 3.8) is 0 Å². The number of hydrogen-bond donors (Lipinski definition) is 1. The Balaban J connectivity index is 1.83. The van der Waals surface area contributed by atoms with Crippen LogP contribution in [0, 0.1) is 0 Å². The topological polar surface area (TPSA) is 43.6 Å². The average Bonchev–Trinajstić information content (AvgIpc) is 2.90. The number of methoxy groups -OCH3 is 1. The Kier molecular flexibility index (Phi) is 3.92. The number of aromatic hydroxyl groups is 1. The van der Waals surface area contributed by atoms with Crippen molar-refractivity contribution in [3.8, 4) is 17.2 Å². The number of ether oxygens (including phenoxy) is 2. The minimum absolute atomic E-state index is 0.280. The molecule has 0 radical (unpaired) electrons. The highest BCUT2D eigenvalue weighted by atomic mass is 16.5. The van der Waals surface area contributed by atoms with E-state index in [2.05, 4.69) is 17.6 Å². The number of nitrogens with zero attached hydrogens (tertiary/aromatic N) is 1. The van der Waals surface area contributed by atoms with Crippen molar-refractivity contribution in [3.05, 3.63) is 54.2 Å². The van der Waals surface area contributed by atoms with E-state index < -0.39 is 0 Å². The number of hydrogen-bond acceptors (Lipinski definition) is 3. The molecule has 0 aliphatic carbocycles. The summed E-state index contributed by atoms with van der Waals surface area (Å²) >= 11 is 0. The first-order valence-electron chi connectivity index (χ1n) is 7.29. The van der Waals surface area contributed by atoms with Gasteiger partial charge in [0.2, 0.25) is 0 Å². The monoisotopic (exact) mass is 297 g/mol. The van der Waals surface area contributed by atoms with Crippen LogP contribution in [0.1, 0.15) is 12.6 Å². The quantitative estimate of drug-likeness (QED) is 0.775. The van der Waals surface area contributed by atoms with Crippen LogP contribution >= 0.6 is 0 Å². The van der Waals surface area contributed by atoms with Crippen LogP contribution in [0.2, 0.25) is 0 Å². The Morgan fingerprint density at radius 3 is 2.41 bits per heavy atom. The molecule has 0 aliphatic rings. The highest BCUT2D eigenvalue weighted by molar-refractivity contribution is 5.82. The molecule has 1 N–H and O–H groups in total. The van der Waals surface area contributed by atoms with Gasteiger partial charge in [0.25, 0.3) is 0 Å². The lowest BCUT2D eigenvalue weighted by atomic mass is 10.2. The second-order valence-corrected chi connectivity index (χ2v) is 5.09. The SMILES string of the molecule is CCn1c(COc2ccc(OC)cc2)cc2ccc(O)cc21. The van der Waals surface area contributed by atoms with Crippen LogP contribution in [0.25, 0.3) is 10.9 Å². The molecule has 2 aromatic carbocycles. The van der Waals surface area contributed by atoms with Gasteiger partial charge in [0.15, 0.2) is 0 Å². The van der Waals surface area contributed by atoms with Gasteiger partial charge in [-0.1, -0.05) is 0 Å². The fourth-order valence-electron chi connectivity index (χ4n) is 2.62. The van der Waals surface area contributed by atoms with E-state index in [9.17, 15) is 5.11 Å². The molecule has 4 heteroatoms. The normalized spacial score (nSPS) is 10.8. The summed E-state index contributed by atoms with van der Waals surface area (Å²) in [6, 6.07) is 15.1. The maximum Gasteiger partial charge on any atom is 0.128 e. The minimum Gasteiger partial charge on any atom is -0.508 e. The number of phenols is 1. The van der Waals surface area contributed by atoms with Gasteiger partial charge < -0.3 is 19.1 Å². The van der Waals surface area contributed by atoms with Gasteiger partial charge in [-0.3, -0.25) is 0 Å². The van der Waals surface area contributed by atoms with Gasteiger partial charge in [0, 0.05) is 18.0 Å². The number of phenolic OH excluding ortho intramolecular Hbond substituents is 1. The van der Waals surface area contributed by atoms with E-state index in [1.165, 1.54) is 0 Å². The fourth-order valence-corrected chi connectivity index (χ4v) is 2.62. The molecule has 0 saturated heterocycles. The third-order valence-electron chi connectivity index (χ3n) is 3.74. The molecule has 0 spiro atoms. The van der Waals surface area contributed by atoms with Crippen molar-refractivity contribution in [2.45, 2.75) is 20.1 Å². The molecule has 0 unspecified atom stereocenters.